The minimum absolute atomic E-state index is 0.594. The van der Waals surface area contributed by atoms with E-state index < -0.39 is 0 Å². The van der Waals surface area contributed by atoms with E-state index in [0.29, 0.717) is 11.5 Å². The minimum Gasteiger partial charge on any atom is -0.456 e. The van der Waals surface area contributed by atoms with Gasteiger partial charge in [0.2, 0.25) is 0 Å². The smallest absolute Gasteiger partial charge is 0.160 e. The van der Waals surface area contributed by atoms with Crippen molar-refractivity contribution >= 4 is 92.5 Å². The van der Waals surface area contributed by atoms with Crippen LogP contribution in [0.15, 0.2) is 179 Å². The molecule has 0 N–H and O–H groups in total. The van der Waals surface area contributed by atoms with Crippen molar-refractivity contribution in [3.8, 4) is 5.69 Å². The predicted molar refractivity (Wildman–Crippen MR) is 222 cm³/mol. The fourth-order valence-electron chi connectivity index (χ4n) is 7.54. The summed E-state index contributed by atoms with van der Waals surface area (Å²) >= 11 is 1.87. The molecular formula is C47H31N3OS. The van der Waals surface area contributed by atoms with Gasteiger partial charge in [0.1, 0.15) is 11.2 Å². The van der Waals surface area contributed by atoms with Crippen LogP contribution >= 0.6 is 11.3 Å². The van der Waals surface area contributed by atoms with Crippen molar-refractivity contribution in [3.63, 3.8) is 0 Å². The molecule has 0 amide bonds. The monoisotopic (exact) mass is 685 g/mol. The van der Waals surface area contributed by atoms with E-state index >= 15 is 0 Å². The highest BCUT2D eigenvalue weighted by Crippen LogP contribution is 2.43. The summed E-state index contributed by atoms with van der Waals surface area (Å²) in [6.07, 6.45) is 0. The van der Waals surface area contributed by atoms with Crippen LogP contribution in [0.2, 0.25) is 0 Å². The second-order valence-electron chi connectivity index (χ2n) is 13.1. The molecule has 0 aliphatic heterocycles. The Balaban J connectivity index is 1.12. The third-order valence-electron chi connectivity index (χ3n) is 9.98. The molecule has 10 aromatic rings. The molecule has 3 aromatic heterocycles. The first-order valence-electron chi connectivity index (χ1n) is 17.4. The van der Waals surface area contributed by atoms with E-state index in [0.717, 1.165) is 50.0 Å². The molecule has 0 aliphatic rings. The second kappa shape index (κ2) is 12.0. The number of hydrogen-bond acceptors (Lipinski definition) is 3. The van der Waals surface area contributed by atoms with Gasteiger partial charge >= 0.3 is 0 Å². The van der Waals surface area contributed by atoms with Crippen LogP contribution in [0, 0.1) is 0 Å². The molecule has 5 heteroatoms. The molecular weight excluding hydrogens is 655 g/mol. The van der Waals surface area contributed by atoms with Crippen LogP contribution in [0.3, 0.4) is 0 Å². The summed E-state index contributed by atoms with van der Waals surface area (Å²) in [5.41, 5.74) is 9.49. The van der Waals surface area contributed by atoms with Gasteiger partial charge in [0.15, 0.2) is 5.84 Å². The van der Waals surface area contributed by atoms with E-state index in [4.69, 9.17) is 14.4 Å². The normalized spacial score (nSPS) is 12.6. The maximum atomic E-state index is 6.20. The quantitative estimate of drug-likeness (QED) is 0.131. The van der Waals surface area contributed by atoms with Gasteiger partial charge in [-0.1, -0.05) is 110 Å². The highest BCUT2D eigenvalue weighted by molar-refractivity contribution is 7.26. The maximum Gasteiger partial charge on any atom is 0.160 e. The van der Waals surface area contributed by atoms with E-state index in [1.165, 1.54) is 42.0 Å². The Labute approximate surface area is 303 Å². The fourth-order valence-corrected chi connectivity index (χ4v) is 8.80. The van der Waals surface area contributed by atoms with Crippen LogP contribution in [-0.4, -0.2) is 16.1 Å². The number of fused-ring (bicyclic) bond motifs is 10. The van der Waals surface area contributed by atoms with Gasteiger partial charge in [-0.3, -0.25) is 0 Å². The van der Waals surface area contributed by atoms with E-state index in [1.54, 1.807) is 0 Å². The fraction of sp³-hybridized carbons (Fsp3) is 0.0213. The average Bonchev–Trinajstić information content (AvgIpc) is 3.87. The number of nitrogens with zero attached hydrogens (tertiary/aromatic N) is 3. The number of furan rings is 1. The third-order valence-corrected chi connectivity index (χ3v) is 11.2. The summed E-state index contributed by atoms with van der Waals surface area (Å²) in [5, 5.41) is 7.27. The average molecular weight is 686 g/mol. The first-order valence-corrected chi connectivity index (χ1v) is 18.2. The number of aliphatic imine (C=N–C) groups is 2. The number of thiophene rings is 1. The Morgan fingerprint density at radius 3 is 2.12 bits per heavy atom. The van der Waals surface area contributed by atoms with E-state index in [1.807, 2.05) is 78.9 Å². The molecule has 10 rings (SSSR count). The molecule has 0 bridgehead atoms. The van der Waals surface area contributed by atoms with Gasteiger partial charge in [0, 0.05) is 64.2 Å². The zero-order valence-electron chi connectivity index (χ0n) is 28.4. The number of para-hydroxylation sites is 2. The van der Waals surface area contributed by atoms with Crippen molar-refractivity contribution in [2.75, 3.05) is 0 Å². The molecule has 0 fully saturated rings. The standard InChI is InChI=1S/C47H31N3OS/c1-29(31-13-4-3-5-14-31)48-47(49-30(2)34-18-12-21-42-44(34)38-17-7-10-20-41(38)51-42)32-23-25-33(26-24-32)50-39-19-9-6-16-37(39)45-40(50)28-27-36-35-15-8-11-22-43(35)52-46(36)45/h3-28H,1H2,2H3. The summed E-state index contributed by atoms with van der Waals surface area (Å²) in [5.74, 6) is 0.594. The molecule has 246 valence electrons. The van der Waals surface area contributed by atoms with Crippen LogP contribution in [0.25, 0.3) is 75.3 Å². The van der Waals surface area contributed by atoms with Crippen molar-refractivity contribution in [3.05, 3.63) is 181 Å². The minimum atomic E-state index is 0.594. The van der Waals surface area contributed by atoms with Gasteiger partial charge in [0.25, 0.3) is 0 Å². The number of benzene rings is 7. The lowest BCUT2D eigenvalue weighted by atomic mass is 10.0. The Bertz CT molecular complexity index is 3080. The molecule has 4 nitrogen and oxygen atoms in total. The lowest BCUT2D eigenvalue weighted by Gasteiger charge is -2.11. The summed E-state index contributed by atoms with van der Waals surface area (Å²) in [6, 6.07) is 54.9. The number of aromatic nitrogens is 1. The van der Waals surface area contributed by atoms with E-state index in [9.17, 15) is 0 Å². The van der Waals surface area contributed by atoms with Crippen LogP contribution < -0.4 is 0 Å². The van der Waals surface area contributed by atoms with Crippen LogP contribution in [0.5, 0.6) is 0 Å². The van der Waals surface area contributed by atoms with Crippen molar-refractivity contribution in [1.82, 2.24) is 4.57 Å². The molecule has 0 aliphatic carbocycles. The lowest BCUT2D eigenvalue weighted by Crippen LogP contribution is -2.05. The summed E-state index contributed by atoms with van der Waals surface area (Å²) < 4.78 is 11.2. The van der Waals surface area contributed by atoms with Crippen molar-refractivity contribution in [2.24, 2.45) is 9.98 Å². The van der Waals surface area contributed by atoms with Gasteiger partial charge in [-0.15, -0.1) is 11.3 Å². The molecule has 0 saturated heterocycles. The van der Waals surface area contributed by atoms with Gasteiger partial charge in [-0.05, 0) is 67.1 Å². The first kappa shape index (κ1) is 30.3. The van der Waals surface area contributed by atoms with Crippen molar-refractivity contribution in [2.45, 2.75) is 6.92 Å². The highest BCUT2D eigenvalue weighted by Gasteiger charge is 2.18. The third kappa shape index (κ3) is 4.82. The number of hydrogen-bond donors (Lipinski definition) is 0. The molecule has 0 saturated carbocycles. The molecule has 0 unspecified atom stereocenters. The van der Waals surface area contributed by atoms with Gasteiger partial charge in [-0.25, -0.2) is 9.98 Å². The second-order valence-corrected chi connectivity index (χ2v) is 14.1. The molecule has 52 heavy (non-hydrogen) atoms. The lowest BCUT2D eigenvalue weighted by molar-refractivity contribution is 0.669. The summed E-state index contributed by atoms with van der Waals surface area (Å²) in [7, 11) is 0. The predicted octanol–water partition coefficient (Wildman–Crippen LogP) is 13.0. The summed E-state index contributed by atoms with van der Waals surface area (Å²) in [4.78, 5) is 10.3. The van der Waals surface area contributed by atoms with Gasteiger partial charge < -0.3 is 8.98 Å². The SMILES string of the molecule is C=C(N=C(N=C(C)c1cccc2oc3ccccc3c12)c1ccc(-n2c3ccccc3c3c4sc5ccccc5c4ccc32)cc1)c1ccccc1. The zero-order valence-corrected chi connectivity index (χ0v) is 29.2. The largest absolute Gasteiger partial charge is 0.456 e. The van der Waals surface area contributed by atoms with Crippen LogP contribution in [0.1, 0.15) is 23.6 Å². The van der Waals surface area contributed by atoms with Crippen molar-refractivity contribution < 1.29 is 4.42 Å². The highest BCUT2D eigenvalue weighted by atomic mass is 32.1. The number of rotatable bonds is 5. The molecule has 0 spiro atoms. The molecule has 0 radical (unpaired) electrons. The van der Waals surface area contributed by atoms with Crippen LogP contribution in [-0.2, 0) is 0 Å². The zero-order chi connectivity index (χ0) is 34.8. The van der Waals surface area contributed by atoms with Gasteiger partial charge in [0.05, 0.1) is 16.7 Å². The maximum absolute atomic E-state index is 6.20. The Kier molecular flexibility index (Phi) is 7.01. The van der Waals surface area contributed by atoms with E-state index in [2.05, 4.69) is 108 Å². The van der Waals surface area contributed by atoms with Crippen LogP contribution in [0.4, 0.5) is 0 Å². The molecule has 0 atom stereocenters. The topological polar surface area (TPSA) is 42.8 Å². The van der Waals surface area contributed by atoms with E-state index in [-0.39, 0.29) is 0 Å². The Morgan fingerprint density at radius 2 is 1.27 bits per heavy atom. The Morgan fingerprint density at radius 1 is 0.558 bits per heavy atom. The molecule has 7 aromatic carbocycles. The van der Waals surface area contributed by atoms with Gasteiger partial charge in [-0.2, -0.15) is 0 Å². The number of amidine groups is 1. The first-order chi connectivity index (χ1) is 25.6. The summed E-state index contributed by atoms with van der Waals surface area (Å²) in [6.45, 7) is 6.39. The Hall–Kier alpha value is -6.56. The molecule has 3 heterocycles. The van der Waals surface area contributed by atoms with Crippen molar-refractivity contribution in [1.29, 1.82) is 0 Å².